The molecule has 0 amide bonds. The molecule has 1 aromatic rings. The molecule has 0 radical (unpaired) electrons. The zero-order valence-corrected chi connectivity index (χ0v) is 10.7. The first-order valence-corrected chi connectivity index (χ1v) is 6.71. The fraction of sp³-hybridized carbons (Fsp3) is 0.571. The number of nitrogens with one attached hydrogen (secondary N) is 1. The van der Waals surface area contributed by atoms with Gasteiger partial charge in [0.25, 0.3) is 0 Å². The van der Waals surface area contributed by atoms with Crippen LogP contribution in [0, 0.1) is 0 Å². The van der Waals surface area contributed by atoms with Crippen LogP contribution >= 0.6 is 0 Å². The lowest BCUT2D eigenvalue weighted by Gasteiger charge is -2.32. The van der Waals surface area contributed by atoms with Gasteiger partial charge in [0.15, 0.2) is 0 Å². The van der Waals surface area contributed by atoms with E-state index >= 15 is 0 Å². The van der Waals surface area contributed by atoms with Crippen molar-refractivity contribution in [3.05, 3.63) is 23.8 Å². The van der Waals surface area contributed by atoms with E-state index < -0.39 is 0 Å². The summed E-state index contributed by atoms with van der Waals surface area (Å²) < 4.78 is 5.71. The maximum Gasteiger partial charge on any atom is 0.127 e. The number of fused-ring (bicyclic) bond motifs is 1. The van der Waals surface area contributed by atoms with Crippen molar-refractivity contribution >= 4 is 0 Å². The minimum Gasteiger partial charge on any atom is -0.508 e. The third-order valence-corrected chi connectivity index (χ3v) is 4.02. The van der Waals surface area contributed by atoms with Crippen molar-refractivity contribution in [1.82, 2.24) is 10.2 Å². The van der Waals surface area contributed by atoms with Gasteiger partial charge in [0.1, 0.15) is 18.1 Å². The smallest absolute Gasteiger partial charge is 0.127 e. The van der Waals surface area contributed by atoms with Crippen LogP contribution in [0.5, 0.6) is 11.5 Å². The normalized spacial score (nSPS) is 26.3. The highest BCUT2D eigenvalue weighted by Gasteiger charge is 2.34. The fourth-order valence-corrected chi connectivity index (χ4v) is 3.11. The second kappa shape index (κ2) is 4.78. The predicted octanol–water partition coefficient (Wildman–Crippen LogP) is 1.51. The van der Waals surface area contributed by atoms with Crippen LogP contribution in [0.2, 0.25) is 0 Å². The van der Waals surface area contributed by atoms with Crippen molar-refractivity contribution in [2.75, 3.05) is 26.2 Å². The number of benzene rings is 1. The minimum absolute atomic E-state index is 0.278. The fourth-order valence-electron chi connectivity index (χ4n) is 3.11. The van der Waals surface area contributed by atoms with Gasteiger partial charge in [-0.3, -0.25) is 4.90 Å². The largest absolute Gasteiger partial charge is 0.508 e. The number of hydrogen-bond donors (Lipinski definition) is 2. The van der Waals surface area contributed by atoms with Gasteiger partial charge in [-0.1, -0.05) is 6.92 Å². The Balaban J connectivity index is 1.85. The number of ether oxygens (including phenoxy) is 1. The SMILES string of the molecule is CCN(C1CCNC1)C1COc2cc(O)ccc21. The van der Waals surface area contributed by atoms with E-state index in [2.05, 4.69) is 17.1 Å². The zero-order chi connectivity index (χ0) is 12.5. The molecule has 4 heteroatoms. The highest BCUT2D eigenvalue weighted by molar-refractivity contribution is 5.44. The van der Waals surface area contributed by atoms with Crippen LogP contribution in [0.1, 0.15) is 24.9 Å². The Labute approximate surface area is 108 Å². The van der Waals surface area contributed by atoms with Gasteiger partial charge < -0.3 is 15.2 Å². The molecule has 98 valence electrons. The van der Waals surface area contributed by atoms with Crippen LogP contribution in [0.3, 0.4) is 0 Å². The van der Waals surface area contributed by atoms with Crippen LogP contribution in [-0.2, 0) is 0 Å². The molecule has 0 aromatic heterocycles. The molecule has 2 aliphatic heterocycles. The number of phenols is 1. The summed E-state index contributed by atoms with van der Waals surface area (Å²) >= 11 is 0. The van der Waals surface area contributed by atoms with Gasteiger partial charge in [-0.25, -0.2) is 0 Å². The molecule has 3 rings (SSSR count). The Morgan fingerprint density at radius 1 is 1.50 bits per heavy atom. The quantitative estimate of drug-likeness (QED) is 0.851. The van der Waals surface area contributed by atoms with E-state index in [1.807, 2.05) is 6.07 Å². The molecule has 1 aromatic carbocycles. The van der Waals surface area contributed by atoms with Crippen LogP contribution in [-0.4, -0.2) is 42.3 Å². The third-order valence-electron chi connectivity index (χ3n) is 4.02. The van der Waals surface area contributed by atoms with E-state index in [0.29, 0.717) is 18.7 Å². The molecule has 2 unspecified atom stereocenters. The van der Waals surface area contributed by atoms with Crippen molar-refractivity contribution in [2.45, 2.75) is 25.4 Å². The van der Waals surface area contributed by atoms with Crippen molar-refractivity contribution < 1.29 is 9.84 Å². The number of hydrogen-bond acceptors (Lipinski definition) is 4. The molecule has 2 N–H and O–H groups in total. The van der Waals surface area contributed by atoms with E-state index in [0.717, 1.165) is 25.4 Å². The van der Waals surface area contributed by atoms with Gasteiger partial charge in [0, 0.05) is 24.2 Å². The second-order valence-electron chi connectivity index (χ2n) is 5.03. The first-order chi connectivity index (χ1) is 8.79. The Morgan fingerprint density at radius 3 is 3.11 bits per heavy atom. The van der Waals surface area contributed by atoms with Crippen LogP contribution < -0.4 is 10.1 Å². The number of rotatable bonds is 3. The molecule has 0 saturated carbocycles. The summed E-state index contributed by atoms with van der Waals surface area (Å²) in [6.45, 7) is 6.11. The van der Waals surface area contributed by atoms with Gasteiger partial charge in [-0.2, -0.15) is 0 Å². The molecular weight excluding hydrogens is 228 g/mol. The van der Waals surface area contributed by atoms with Crippen LogP contribution in [0.15, 0.2) is 18.2 Å². The van der Waals surface area contributed by atoms with E-state index in [1.165, 1.54) is 12.0 Å². The van der Waals surface area contributed by atoms with Gasteiger partial charge in [-0.05, 0) is 31.6 Å². The lowest BCUT2D eigenvalue weighted by molar-refractivity contribution is 0.127. The third kappa shape index (κ3) is 1.95. The van der Waals surface area contributed by atoms with Gasteiger partial charge in [-0.15, -0.1) is 0 Å². The number of nitrogens with zero attached hydrogens (tertiary/aromatic N) is 1. The summed E-state index contributed by atoms with van der Waals surface area (Å²) in [4.78, 5) is 2.52. The van der Waals surface area contributed by atoms with E-state index in [9.17, 15) is 5.11 Å². The molecule has 1 fully saturated rings. The highest BCUT2D eigenvalue weighted by Crippen LogP contribution is 2.39. The monoisotopic (exact) mass is 248 g/mol. The molecule has 2 heterocycles. The summed E-state index contributed by atoms with van der Waals surface area (Å²) in [6.07, 6.45) is 1.21. The van der Waals surface area contributed by atoms with Crippen LogP contribution in [0.25, 0.3) is 0 Å². The molecule has 0 bridgehead atoms. The van der Waals surface area contributed by atoms with Crippen molar-refractivity contribution in [1.29, 1.82) is 0 Å². The summed E-state index contributed by atoms with van der Waals surface area (Å²) in [5.74, 6) is 1.12. The minimum atomic E-state index is 0.278. The molecule has 18 heavy (non-hydrogen) atoms. The zero-order valence-electron chi connectivity index (χ0n) is 10.7. The number of phenolic OH excluding ortho intramolecular Hbond substituents is 1. The molecule has 1 saturated heterocycles. The summed E-state index contributed by atoms with van der Waals surface area (Å²) in [5.41, 5.74) is 1.21. The maximum absolute atomic E-state index is 9.49. The first-order valence-electron chi connectivity index (χ1n) is 6.71. The number of aromatic hydroxyl groups is 1. The Bertz CT molecular complexity index is 430. The summed E-state index contributed by atoms with van der Waals surface area (Å²) in [6, 6.07) is 6.39. The maximum atomic E-state index is 9.49. The Morgan fingerprint density at radius 2 is 2.39 bits per heavy atom. The molecular formula is C14H20N2O2. The predicted molar refractivity (Wildman–Crippen MR) is 70.0 cm³/mol. The average molecular weight is 248 g/mol. The summed E-state index contributed by atoms with van der Waals surface area (Å²) in [5, 5.41) is 12.9. The topological polar surface area (TPSA) is 44.7 Å². The molecule has 0 aliphatic carbocycles. The van der Waals surface area contributed by atoms with Crippen molar-refractivity contribution in [3.63, 3.8) is 0 Å². The molecule has 2 atom stereocenters. The Kier molecular flexibility index (Phi) is 3.14. The standard InChI is InChI=1S/C14H20N2O2/c1-2-16(10-5-6-15-8-10)13-9-18-14-7-11(17)3-4-12(13)14/h3-4,7,10,13,15,17H,2,5-6,8-9H2,1H3. The van der Waals surface area contributed by atoms with Gasteiger partial charge >= 0.3 is 0 Å². The van der Waals surface area contributed by atoms with Crippen molar-refractivity contribution in [3.8, 4) is 11.5 Å². The van der Waals surface area contributed by atoms with Crippen LogP contribution in [0.4, 0.5) is 0 Å². The van der Waals surface area contributed by atoms with Crippen molar-refractivity contribution in [2.24, 2.45) is 0 Å². The lowest BCUT2D eigenvalue weighted by Crippen LogP contribution is -2.40. The van der Waals surface area contributed by atoms with Gasteiger partial charge in [0.05, 0.1) is 6.04 Å². The molecule has 2 aliphatic rings. The first kappa shape index (κ1) is 11.8. The molecule has 4 nitrogen and oxygen atoms in total. The number of likely N-dealkylation sites (N-methyl/N-ethyl adjacent to an activating group) is 1. The average Bonchev–Trinajstić information content (AvgIpc) is 3.00. The Hall–Kier alpha value is -1.26. The van der Waals surface area contributed by atoms with E-state index in [4.69, 9.17) is 4.74 Å². The summed E-state index contributed by atoms with van der Waals surface area (Å²) in [7, 11) is 0. The van der Waals surface area contributed by atoms with Gasteiger partial charge in [0.2, 0.25) is 0 Å². The highest BCUT2D eigenvalue weighted by atomic mass is 16.5. The molecule has 0 spiro atoms. The second-order valence-corrected chi connectivity index (χ2v) is 5.03. The van der Waals surface area contributed by atoms with E-state index in [1.54, 1.807) is 12.1 Å². The lowest BCUT2D eigenvalue weighted by atomic mass is 10.0. The van der Waals surface area contributed by atoms with E-state index in [-0.39, 0.29) is 5.75 Å².